The molecular weight excluding hydrogens is 236 g/mol. The minimum atomic E-state index is -0.609. The van der Waals surface area contributed by atoms with Crippen LogP contribution in [-0.4, -0.2) is 6.54 Å². The fraction of sp³-hybridized carbons (Fsp3) is 0.286. The Labute approximate surface area is 105 Å². The lowest BCUT2D eigenvalue weighted by Gasteiger charge is -2.08. The van der Waals surface area contributed by atoms with Crippen molar-refractivity contribution in [2.75, 3.05) is 6.54 Å². The fourth-order valence-electron chi connectivity index (χ4n) is 1.84. The lowest BCUT2D eigenvalue weighted by molar-refractivity contribution is 0.444. The predicted molar refractivity (Wildman–Crippen MR) is 66.2 cm³/mol. The molecule has 1 aromatic carbocycles. The Balaban J connectivity index is 2.29. The van der Waals surface area contributed by atoms with Crippen LogP contribution in [0.5, 0.6) is 0 Å². The van der Waals surface area contributed by atoms with Crippen molar-refractivity contribution in [1.29, 1.82) is 0 Å². The first-order chi connectivity index (χ1) is 8.60. The van der Waals surface area contributed by atoms with Gasteiger partial charge in [0.15, 0.2) is 0 Å². The number of nitrogens with one attached hydrogen (secondary N) is 1. The van der Waals surface area contributed by atoms with Gasteiger partial charge in [-0.1, -0.05) is 6.92 Å². The van der Waals surface area contributed by atoms with E-state index in [9.17, 15) is 8.78 Å². The molecule has 0 spiro atoms. The van der Waals surface area contributed by atoms with Gasteiger partial charge in [-0.3, -0.25) is 0 Å². The number of furan rings is 1. The van der Waals surface area contributed by atoms with Gasteiger partial charge in [-0.2, -0.15) is 0 Å². The molecule has 1 N–H and O–H groups in total. The molecular formula is C14H15F2NO. The summed E-state index contributed by atoms with van der Waals surface area (Å²) < 4.78 is 31.8. The average molecular weight is 251 g/mol. The molecule has 0 amide bonds. The Morgan fingerprint density at radius 1 is 1.17 bits per heavy atom. The van der Waals surface area contributed by atoms with Gasteiger partial charge >= 0.3 is 0 Å². The minimum Gasteiger partial charge on any atom is -0.459 e. The van der Waals surface area contributed by atoms with Gasteiger partial charge in [0, 0.05) is 11.6 Å². The van der Waals surface area contributed by atoms with Crippen LogP contribution in [0.15, 0.2) is 34.7 Å². The molecule has 2 nitrogen and oxygen atoms in total. The van der Waals surface area contributed by atoms with Crippen LogP contribution >= 0.6 is 0 Å². The van der Waals surface area contributed by atoms with E-state index in [1.165, 1.54) is 12.1 Å². The standard InChI is InChI=1S/C14H15F2NO/c1-3-17-9(2)13-4-5-14(18-13)10-6-11(15)8-12(16)7-10/h4-9,17H,3H2,1-2H3. The van der Waals surface area contributed by atoms with E-state index in [2.05, 4.69) is 5.32 Å². The monoisotopic (exact) mass is 251 g/mol. The Morgan fingerprint density at radius 3 is 2.44 bits per heavy atom. The normalized spacial score (nSPS) is 12.7. The molecule has 1 atom stereocenters. The van der Waals surface area contributed by atoms with Gasteiger partial charge in [-0.05, 0) is 37.7 Å². The Bertz CT molecular complexity index is 516. The van der Waals surface area contributed by atoms with Gasteiger partial charge in [0.2, 0.25) is 0 Å². The first kappa shape index (κ1) is 12.8. The lowest BCUT2D eigenvalue weighted by Crippen LogP contribution is -2.16. The number of benzene rings is 1. The van der Waals surface area contributed by atoms with Crippen molar-refractivity contribution in [2.45, 2.75) is 19.9 Å². The molecule has 0 aliphatic rings. The van der Waals surface area contributed by atoms with Crippen molar-refractivity contribution in [3.8, 4) is 11.3 Å². The lowest BCUT2D eigenvalue weighted by atomic mass is 10.1. The van der Waals surface area contributed by atoms with Crippen molar-refractivity contribution in [3.63, 3.8) is 0 Å². The van der Waals surface area contributed by atoms with Crippen LogP contribution in [0.4, 0.5) is 8.78 Å². The number of rotatable bonds is 4. The maximum absolute atomic E-state index is 13.1. The van der Waals surface area contributed by atoms with Crippen molar-refractivity contribution < 1.29 is 13.2 Å². The third kappa shape index (κ3) is 2.76. The molecule has 18 heavy (non-hydrogen) atoms. The Hall–Kier alpha value is -1.68. The zero-order valence-corrected chi connectivity index (χ0v) is 10.3. The minimum absolute atomic E-state index is 0.0714. The van der Waals surface area contributed by atoms with Gasteiger partial charge in [0.1, 0.15) is 23.2 Å². The summed E-state index contributed by atoms with van der Waals surface area (Å²) in [5.74, 6) is -0.00460. The second kappa shape index (κ2) is 5.31. The van der Waals surface area contributed by atoms with Crippen LogP contribution in [0.3, 0.4) is 0 Å². The van der Waals surface area contributed by atoms with Gasteiger partial charge in [-0.25, -0.2) is 8.78 Å². The van der Waals surface area contributed by atoms with E-state index < -0.39 is 11.6 Å². The smallest absolute Gasteiger partial charge is 0.134 e. The van der Waals surface area contributed by atoms with E-state index in [1.54, 1.807) is 6.07 Å². The fourth-order valence-corrected chi connectivity index (χ4v) is 1.84. The summed E-state index contributed by atoms with van der Waals surface area (Å²) in [6.45, 7) is 4.80. The quantitative estimate of drug-likeness (QED) is 0.891. The molecule has 0 radical (unpaired) electrons. The summed E-state index contributed by atoms with van der Waals surface area (Å²) in [5, 5.41) is 3.21. The molecule has 0 fully saturated rings. The summed E-state index contributed by atoms with van der Waals surface area (Å²) >= 11 is 0. The Kier molecular flexibility index (Phi) is 3.77. The number of halogens is 2. The highest BCUT2D eigenvalue weighted by molar-refractivity contribution is 5.57. The molecule has 0 bridgehead atoms. The van der Waals surface area contributed by atoms with Crippen molar-refractivity contribution >= 4 is 0 Å². The van der Waals surface area contributed by atoms with E-state index in [1.807, 2.05) is 19.9 Å². The highest BCUT2D eigenvalue weighted by Crippen LogP contribution is 2.26. The summed E-state index contributed by atoms with van der Waals surface area (Å²) in [6.07, 6.45) is 0. The van der Waals surface area contributed by atoms with E-state index in [4.69, 9.17) is 4.42 Å². The topological polar surface area (TPSA) is 25.2 Å². The van der Waals surface area contributed by atoms with Crippen LogP contribution in [-0.2, 0) is 0 Å². The molecule has 96 valence electrons. The summed E-state index contributed by atoms with van der Waals surface area (Å²) in [6, 6.07) is 6.95. The second-order valence-electron chi connectivity index (χ2n) is 4.14. The molecule has 4 heteroatoms. The van der Waals surface area contributed by atoms with Gasteiger partial charge in [0.25, 0.3) is 0 Å². The first-order valence-electron chi connectivity index (χ1n) is 5.89. The summed E-state index contributed by atoms with van der Waals surface area (Å²) in [4.78, 5) is 0. The Morgan fingerprint density at radius 2 is 1.83 bits per heavy atom. The zero-order chi connectivity index (χ0) is 13.1. The van der Waals surface area contributed by atoms with E-state index in [0.29, 0.717) is 11.3 Å². The van der Waals surface area contributed by atoms with Crippen LogP contribution in [0.1, 0.15) is 25.6 Å². The van der Waals surface area contributed by atoms with Crippen molar-refractivity contribution in [3.05, 3.63) is 47.7 Å². The second-order valence-corrected chi connectivity index (χ2v) is 4.14. The largest absolute Gasteiger partial charge is 0.459 e. The molecule has 2 rings (SSSR count). The molecule has 0 aliphatic heterocycles. The SMILES string of the molecule is CCNC(C)c1ccc(-c2cc(F)cc(F)c2)o1. The highest BCUT2D eigenvalue weighted by Gasteiger charge is 2.11. The third-order valence-corrected chi connectivity index (χ3v) is 2.71. The molecule has 1 heterocycles. The van der Waals surface area contributed by atoms with Crippen molar-refractivity contribution in [2.24, 2.45) is 0 Å². The van der Waals surface area contributed by atoms with Crippen LogP contribution in [0.2, 0.25) is 0 Å². The molecule has 0 saturated heterocycles. The zero-order valence-electron chi connectivity index (χ0n) is 10.3. The molecule has 1 aromatic heterocycles. The van der Waals surface area contributed by atoms with E-state index in [-0.39, 0.29) is 6.04 Å². The maximum Gasteiger partial charge on any atom is 0.134 e. The number of hydrogen-bond donors (Lipinski definition) is 1. The van der Waals surface area contributed by atoms with Gasteiger partial charge in [0.05, 0.1) is 6.04 Å². The average Bonchev–Trinajstić information content (AvgIpc) is 2.77. The highest BCUT2D eigenvalue weighted by atomic mass is 19.1. The first-order valence-corrected chi connectivity index (χ1v) is 5.89. The predicted octanol–water partition coefficient (Wildman–Crippen LogP) is 3.90. The molecule has 0 aliphatic carbocycles. The molecule has 0 saturated carbocycles. The van der Waals surface area contributed by atoms with Crippen LogP contribution < -0.4 is 5.32 Å². The summed E-state index contributed by atoms with van der Waals surface area (Å²) in [7, 11) is 0. The van der Waals surface area contributed by atoms with E-state index in [0.717, 1.165) is 18.4 Å². The molecule has 1 unspecified atom stereocenters. The third-order valence-electron chi connectivity index (χ3n) is 2.71. The maximum atomic E-state index is 13.1. The summed E-state index contributed by atoms with van der Waals surface area (Å²) in [5.41, 5.74) is 0.405. The van der Waals surface area contributed by atoms with Gasteiger partial charge < -0.3 is 9.73 Å². The van der Waals surface area contributed by atoms with E-state index >= 15 is 0 Å². The molecule has 2 aromatic rings. The van der Waals surface area contributed by atoms with Crippen LogP contribution in [0.25, 0.3) is 11.3 Å². The van der Waals surface area contributed by atoms with Crippen molar-refractivity contribution in [1.82, 2.24) is 5.32 Å². The van der Waals surface area contributed by atoms with Crippen LogP contribution in [0, 0.1) is 11.6 Å². The number of hydrogen-bond acceptors (Lipinski definition) is 2. The van der Waals surface area contributed by atoms with Gasteiger partial charge in [-0.15, -0.1) is 0 Å².